The Bertz CT molecular complexity index is 303. The Morgan fingerprint density at radius 3 is 2.71 bits per heavy atom. The van der Waals surface area contributed by atoms with Crippen LogP contribution in [0.4, 0.5) is 0 Å². The largest absolute Gasteiger partial charge is 0.409 e. The van der Waals surface area contributed by atoms with Gasteiger partial charge in [-0.05, 0) is 25.5 Å². The van der Waals surface area contributed by atoms with Gasteiger partial charge in [0, 0.05) is 11.8 Å². The van der Waals surface area contributed by atoms with Crippen molar-refractivity contribution in [3.63, 3.8) is 0 Å². The minimum Gasteiger partial charge on any atom is -0.409 e. The molecule has 0 radical (unpaired) electrons. The lowest BCUT2D eigenvalue weighted by Crippen LogP contribution is -2.54. The molecule has 1 unspecified atom stereocenters. The number of nitrogens with one attached hydrogen (secondary N) is 1. The topological polar surface area (TPSA) is 87.7 Å². The van der Waals surface area contributed by atoms with Crippen LogP contribution in [0.5, 0.6) is 0 Å². The van der Waals surface area contributed by atoms with Crippen LogP contribution in [0.2, 0.25) is 0 Å². The maximum atomic E-state index is 12.0. The number of amides is 1. The molecule has 0 bridgehead atoms. The summed E-state index contributed by atoms with van der Waals surface area (Å²) in [5.41, 5.74) is 4.85. The number of amidine groups is 1. The van der Waals surface area contributed by atoms with E-state index in [0.29, 0.717) is 24.6 Å². The highest BCUT2D eigenvalue weighted by Gasteiger charge is 2.48. The van der Waals surface area contributed by atoms with Gasteiger partial charge in [-0.1, -0.05) is 18.5 Å². The lowest BCUT2D eigenvalue weighted by molar-refractivity contribution is -0.131. The summed E-state index contributed by atoms with van der Waals surface area (Å²) < 4.78 is 0. The number of oxime groups is 1. The molecule has 1 rings (SSSR count). The highest BCUT2D eigenvalue weighted by molar-refractivity contribution is 7.99. The summed E-state index contributed by atoms with van der Waals surface area (Å²) in [4.78, 5) is 12.0. The lowest BCUT2D eigenvalue weighted by Gasteiger charge is -2.38. The number of nitrogens with zero attached hydrogens (tertiary/aromatic N) is 1. The first-order chi connectivity index (χ1) is 8.06. The number of hydrogen-bond acceptors (Lipinski definition) is 4. The van der Waals surface area contributed by atoms with Gasteiger partial charge >= 0.3 is 0 Å². The van der Waals surface area contributed by atoms with Gasteiger partial charge in [0.1, 0.15) is 5.41 Å². The zero-order chi connectivity index (χ0) is 12.9. The average Bonchev–Trinajstić information content (AvgIpc) is 2.26. The van der Waals surface area contributed by atoms with Gasteiger partial charge in [0.05, 0.1) is 0 Å². The SMILES string of the molecule is CSC(C)CCNC(=O)C1(C(N)=NO)CCC1. The van der Waals surface area contributed by atoms with Crippen molar-refractivity contribution < 1.29 is 10.0 Å². The fourth-order valence-corrected chi connectivity index (χ4v) is 2.26. The van der Waals surface area contributed by atoms with Gasteiger partial charge in [0.2, 0.25) is 5.91 Å². The van der Waals surface area contributed by atoms with E-state index in [4.69, 9.17) is 10.9 Å². The van der Waals surface area contributed by atoms with Gasteiger partial charge in [-0.25, -0.2) is 0 Å². The summed E-state index contributed by atoms with van der Waals surface area (Å²) in [5.74, 6) is -0.0634. The van der Waals surface area contributed by atoms with Gasteiger partial charge in [0.25, 0.3) is 0 Å². The Morgan fingerprint density at radius 2 is 2.29 bits per heavy atom. The monoisotopic (exact) mass is 259 g/mol. The molecule has 98 valence electrons. The first-order valence-corrected chi connectivity index (χ1v) is 7.14. The number of carbonyl (C=O) groups excluding carboxylic acids is 1. The van der Waals surface area contributed by atoms with Crippen molar-refractivity contribution in [3.8, 4) is 0 Å². The molecular formula is C11H21N3O2S. The standard InChI is InChI=1S/C11H21N3O2S/c1-8(17-2)4-7-13-10(15)11(5-3-6-11)9(12)14-16/h8,16H,3-7H2,1-2H3,(H2,12,14)(H,13,15). The zero-order valence-corrected chi connectivity index (χ0v) is 11.2. The molecule has 5 nitrogen and oxygen atoms in total. The fourth-order valence-electron chi connectivity index (χ4n) is 1.90. The van der Waals surface area contributed by atoms with E-state index in [0.717, 1.165) is 12.8 Å². The van der Waals surface area contributed by atoms with E-state index >= 15 is 0 Å². The van der Waals surface area contributed by atoms with E-state index in [2.05, 4.69) is 23.7 Å². The van der Waals surface area contributed by atoms with Crippen LogP contribution < -0.4 is 11.1 Å². The van der Waals surface area contributed by atoms with Gasteiger partial charge in [-0.15, -0.1) is 0 Å². The molecule has 4 N–H and O–H groups in total. The molecule has 1 saturated carbocycles. The molecule has 1 fully saturated rings. The van der Waals surface area contributed by atoms with Crippen molar-refractivity contribution in [3.05, 3.63) is 0 Å². The molecule has 1 aliphatic carbocycles. The van der Waals surface area contributed by atoms with Crippen LogP contribution >= 0.6 is 11.8 Å². The first-order valence-electron chi connectivity index (χ1n) is 5.86. The lowest BCUT2D eigenvalue weighted by atomic mass is 9.67. The van der Waals surface area contributed by atoms with E-state index in [1.807, 2.05) is 0 Å². The Kier molecular flexibility index (Phi) is 5.11. The highest BCUT2D eigenvalue weighted by Crippen LogP contribution is 2.41. The van der Waals surface area contributed by atoms with Crippen LogP contribution in [0.15, 0.2) is 5.16 Å². The fraction of sp³-hybridized carbons (Fsp3) is 0.818. The predicted octanol–water partition coefficient (Wildman–Crippen LogP) is 1.16. The molecule has 6 heteroatoms. The second-order valence-corrected chi connectivity index (χ2v) is 5.79. The quantitative estimate of drug-likeness (QED) is 0.289. The van der Waals surface area contributed by atoms with Crippen LogP contribution in [0.1, 0.15) is 32.6 Å². The molecule has 0 heterocycles. The summed E-state index contributed by atoms with van der Waals surface area (Å²) in [6.45, 7) is 2.76. The molecule has 0 aromatic carbocycles. The second kappa shape index (κ2) is 6.14. The van der Waals surface area contributed by atoms with Crippen LogP contribution in [0, 0.1) is 5.41 Å². The average molecular weight is 259 g/mol. The maximum absolute atomic E-state index is 12.0. The zero-order valence-electron chi connectivity index (χ0n) is 10.4. The van der Waals surface area contributed by atoms with Crippen molar-refractivity contribution in [2.45, 2.75) is 37.9 Å². The van der Waals surface area contributed by atoms with Crippen LogP contribution in [-0.4, -0.2) is 35.0 Å². The van der Waals surface area contributed by atoms with Crippen molar-refractivity contribution in [2.75, 3.05) is 12.8 Å². The molecule has 0 aliphatic heterocycles. The number of nitrogens with two attached hydrogens (primary N) is 1. The molecule has 0 saturated heterocycles. The second-order valence-electron chi connectivity index (χ2n) is 4.51. The number of rotatable bonds is 6. The first kappa shape index (κ1) is 14.2. The minimum absolute atomic E-state index is 0.0409. The molecule has 17 heavy (non-hydrogen) atoms. The normalized spacial score (nSPS) is 20.5. The molecule has 0 spiro atoms. The van der Waals surface area contributed by atoms with Crippen molar-refractivity contribution in [1.29, 1.82) is 0 Å². The van der Waals surface area contributed by atoms with E-state index < -0.39 is 5.41 Å². The summed E-state index contributed by atoms with van der Waals surface area (Å²) in [5, 5.41) is 15.1. The van der Waals surface area contributed by atoms with Crippen molar-refractivity contribution >= 4 is 23.5 Å². The molecule has 0 aromatic heterocycles. The third-order valence-corrected chi connectivity index (χ3v) is 4.52. The number of hydrogen-bond donors (Lipinski definition) is 3. The Morgan fingerprint density at radius 1 is 1.65 bits per heavy atom. The highest BCUT2D eigenvalue weighted by atomic mass is 32.2. The minimum atomic E-state index is -0.753. The van der Waals surface area contributed by atoms with E-state index in [1.54, 1.807) is 11.8 Å². The Hall–Kier alpha value is -0.910. The van der Waals surface area contributed by atoms with Crippen molar-refractivity contribution in [1.82, 2.24) is 5.32 Å². The van der Waals surface area contributed by atoms with Crippen LogP contribution in [0.3, 0.4) is 0 Å². The Balaban J connectivity index is 2.46. The summed E-state index contributed by atoms with van der Waals surface area (Å²) in [7, 11) is 0. The molecule has 0 aromatic rings. The van der Waals surface area contributed by atoms with Gasteiger partial charge in [0.15, 0.2) is 5.84 Å². The summed E-state index contributed by atoms with van der Waals surface area (Å²) in [6.07, 6.45) is 5.28. The predicted molar refractivity (Wildman–Crippen MR) is 70.3 cm³/mol. The Labute approximate surface area is 106 Å². The smallest absolute Gasteiger partial charge is 0.233 e. The van der Waals surface area contributed by atoms with E-state index in [1.165, 1.54) is 0 Å². The van der Waals surface area contributed by atoms with E-state index in [-0.39, 0.29) is 11.7 Å². The van der Waals surface area contributed by atoms with Gasteiger partial charge < -0.3 is 16.3 Å². The molecule has 1 atom stereocenters. The van der Waals surface area contributed by atoms with Crippen molar-refractivity contribution in [2.24, 2.45) is 16.3 Å². The summed E-state index contributed by atoms with van der Waals surface area (Å²) >= 11 is 1.77. The van der Waals surface area contributed by atoms with Gasteiger partial charge in [-0.3, -0.25) is 4.79 Å². The molecule has 1 amide bonds. The summed E-state index contributed by atoms with van der Waals surface area (Å²) in [6, 6.07) is 0. The molecule has 1 aliphatic rings. The number of carbonyl (C=O) groups is 1. The molecular weight excluding hydrogens is 238 g/mol. The third-order valence-electron chi connectivity index (χ3n) is 3.48. The van der Waals surface area contributed by atoms with E-state index in [9.17, 15) is 4.79 Å². The van der Waals surface area contributed by atoms with Gasteiger partial charge in [-0.2, -0.15) is 11.8 Å². The van der Waals surface area contributed by atoms with Crippen LogP contribution in [-0.2, 0) is 4.79 Å². The third kappa shape index (κ3) is 3.06. The maximum Gasteiger partial charge on any atom is 0.233 e. The number of thioether (sulfide) groups is 1. The van der Waals surface area contributed by atoms with Crippen LogP contribution in [0.25, 0.3) is 0 Å².